The second-order valence-electron chi connectivity index (χ2n) is 2.58. The molecule has 0 spiro atoms. The van der Waals surface area contributed by atoms with Crippen molar-refractivity contribution in [2.75, 3.05) is 0 Å². The van der Waals surface area contributed by atoms with Crippen LogP contribution in [0.4, 0.5) is 0 Å². The van der Waals surface area contributed by atoms with Crippen LogP contribution in [-0.4, -0.2) is 18.0 Å². The molecule has 0 aliphatic heterocycles. The summed E-state index contributed by atoms with van der Waals surface area (Å²) in [6.07, 6.45) is 1.45. The fourth-order valence-corrected chi connectivity index (χ4v) is 1.32. The lowest BCUT2D eigenvalue weighted by Gasteiger charge is -1.96. The third-order valence-electron chi connectivity index (χ3n) is 1.50. The number of hydrogen-bond acceptors (Lipinski definition) is 3. The van der Waals surface area contributed by atoms with Crippen molar-refractivity contribution in [3.63, 3.8) is 0 Å². The quantitative estimate of drug-likeness (QED) is 0.354. The first-order chi connectivity index (χ1) is 7.11. The summed E-state index contributed by atoms with van der Waals surface area (Å²) in [5, 5.41) is 3.59. The van der Waals surface area contributed by atoms with E-state index in [1.807, 2.05) is 29.7 Å². The second kappa shape index (κ2) is 5.44. The van der Waals surface area contributed by atoms with Gasteiger partial charge in [-0.3, -0.25) is 9.59 Å². The number of carbonyl (C=O) groups is 2. The molecule has 1 aromatic carbocycles. The lowest BCUT2D eigenvalue weighted by atomic mass is 10.2. The Kier molecular flexibility index (Phi) is 4.22. The normalized spacial score (nSPS) is 10.2. The molecule has 0 fully saturated rings. The number of amides is 2. The predicted molar refractivity (Wildman–Crippen MR) is 64.1 cm³/mol. The van der Waals surface area contributed by atoms with Crippen molar-refractivity contribution in [3.05, 3.63) is 33.4 Å². The highest BCUT2D eigenvalue weighted by Gasteiger charge is 2.05. The monoisotopic (exact) mass is 317 g/mol. The van der Waals surface area contributed by atoms with Crippen molar-refractivity contribution in [2.24, 2.45) is 10.8 Å². The molecular formula is C9H8IN3O2. The number of halogens is 1. The van der Waals surface area contributed by atoms with Crippen LogP contribution in [0.25, 0.3) is 0 Å². The molecule has 0 atom stereocenters. The summed E-state index contributed by atoms with van der Waals surface area (Å²) in [5.41, 5.74) is 7.58. The highest BCUT2D eigenvalue weighted by Crippen LogP contribution is 2.08. The minimum Gasteiger partial charge on any atom is -0.361 e. The number of nitrogens with one attached hydrogen (secondary N) is 1. The van der Waals surface area contributed by atoms with Gasteiger partial charge in [-0.2, -0.15) is 5.10 Å². The van der Waals surface area contributed by atoms with Crippen molar-refractivity contribution in [1.82, 2.24) is 5.43 Å². The van der Waals surface area contributed by atoms with Crippen LogP contribution in [0.1, 0.15) is 5.56 Å². The topological polar surface area (TPSA) is 84.5 Å². The molecular weight excluding hydrogens is 309 g/mol. The molecule has 2 amide bonds. The van der Waals surface area contributed by atoms with Crippen LogP contribution in [0.5, 0.6) is 0 Å². The molecule has 0 bridgehead atoms. The van der Waals surface area contributed by atoms with Gasteiger partial charge in [0.1, 0.15) is 0 Å². The zero-order valence-electron chi connectivity index (χ0n) is 7.61. The van der Waals surface area contributed by atoms with Crippen LogP contribution in [-0.2, 0) is 9.59 Å². The third-order valence-corrected chi connectivity index (χ3v) is 2.48. The standard InChI is InChI=1S/C9H8IN3O2/c10-7-4-2-1-3-6(7)5-12-13-9(15)8(11)14/h1-5H,(H2,11,14)(H,13,15). The van der Waals surface area contributed by atoms with Crippen molar-refractivity contribution in [2.45, 2.75) is 0 Å². The van der Waals surface area contributed by atoms with Gasteiger partial charge in [-0.05, 0) is 28.7 Å². The maximum Gasteiger partial charge on any atom is 0.329 e. The Morgan fingerprint density at radius 3 is 2.67 bits per heavy atom. The molecule has 1 aromatic rings. The zero-order chi connectivity index (χ0) is 11.3. The van der Waals surface area contributed by atoms with E-state index < -0.39 is 11.8 Å². The molecule has 15 heavy (non-hydrogen) atoms. The maximum atomic E-state index is 10.7. The number of primary amides is 1. The smallest absolute Gasteiger partial charge is 0.329 e. The number of carbonyl (C=O) groups excluding carboxylic acids is 2. The van der Waals surface area contributed by atoms with Gasteiger partial charge in [0.15, 0.2) is 0 Å². The Morgan fingerprint density at radius 2 is 2.07 bits per heavy atom. The zero-order valence-corrected chi connectivity index (χ0v) is 9.76. The van der Waals surface area contributed by atoms with Crippen molar-refractivity contribution < 1.29 is 9.59 Å². The predicted octanol–water partition coefficient (Wildman–Crippen LogP) is 0.227. The first-order valence-corrected chi connectivity index (χ1v) is 5.06. The van der Waals surface area contributed by atoms with Gasteiger partial charge in [0, 0.05) is 9.13 Å². The molecule has 0 saturated carbocycles. The minimum atomic E-state index is -1.06. The Balaban J connectivity index is 2.63. The van der Waals surface area contributed by atoms with Gasteiger partial charge in [-0.25, -0.2) is 5.43 Å². The molecule has 5 nitrogen and oxygen atoms in total. The molecule has 0 saturated heterocycles. The molecule has 1 rings (SSSR count). The van der Waals surface area contributed by atoms with Gasteiger partial charge >= 0.3 is 11.8 Å². The summed E-state index contributed by atoms with van der Waals surface area (Å²) < 4.78 is 0.993. The fourth-order valence-electron chi connectivity index (χ4n) is 0.795. The maximum absolute atomic E-state index is 10.7. The van der Waals surface area contributed by atoms with Crippen molar-refractivity contribution >= 4 is 40.6 Å². The van der Waals surface area contributed by atoms with Crippen LogP contribution in [0.3, 0.4) is 0 Å². The van der Waals surface area contributed by atoms with Gasteiger partial charge in [0.25, 0.3) is 0 Å². The number of hydrogen-bond donors (Lipinski definition) is 2. The summed E-state index contributed by atoms with van der Waals surface area (Å²) in [4.78, 5) is 21.1. The van der Waals surface area contributed by atoms with Crippen LogP contribution >= 0.6 is 22.6 Å². The SMILES string of the molecule is NC(=O)C(=O)NN=Cc1ccccc1I. The molecule has 0 unspecified atom stereocenters. The summed E-state index contributed by atoms with van der Waals surface area (Å²) in [6, 6.07) is 7.47. The number of rotatable bonds is 2. The summed E-state index contributed by atoms with van der Waals surface area (Å²) >= 11 is 2.14. The van der Waals surface area contributed by atoms with E-state index in [9.17, 15) is 9.59 Å². The van der Waals surface area contributed by atoms with Gasteiger partial charge in [-0.15, -0.1) is 0 Å². The largest absolute Gasteiger partial charge is 0.361 e. The Bertz CT molecular complexity index is 418. The molecule has 3 N–H and O–H groups in total. The number of nitrogens with zero attached hydrogens (tertiary/aromatic N) is 1. The Hall–Kier alpha value is -1.44. The third kappa shape index (κ3) is 3.66. The summed E-state index contributed by atoms with van der Waals surface area (Å²) in [5.74, 6) is -1.99. The number of benzene rings is 1. The van der Waals surface area contributed by atoms with E-state index in [1.54, 1.807) is 0 Å². The van der Waals surface area contributed by atoms with Crippen LogP contribution < -0.4 is 11.2 Å². The highest BCUT2D eigenvalue weighted by atomic mass is 127. The number of hydrazone groups is 1. The highest BCUT2D eigenvalue weighted by molar-refractivity contribution is 14.1. The second-order valence-corrected chi connectivity index (χ2v) is 3.75. The summed E-state index contributed by atoms with van der Waals surface area (Å²) in [7, 11) is 0. The van der Waals surface area contributed by atoms with E-state index in [0.29, 0.717) is 0 Å². The molecule has 0 heterocycles. The van der Waals surface area contributed by atoms with Gasteiger partial charge in [0.2, 0.25) is 0 Å². The first-order valence-electron chi connectivity index (χ1n) is 3.98. The van der Waals surface area contributed by atoms with E-state index in [-0.39, 0.29) is 0 Å². The van der Waals surface area contributed by atoms with Crippen molar-refractivity contribution in [1.29, 1.82) is 0 Å². The van der Waals surface area contributed by atoms with Crippen LogP contribution in [0.2, 0.25) is 0 Å². The van der Waals surface area contributed by atoms with E-state index in [1.165, 1.54) is 6.21 Å². The first kappa shape index (κ1) is 11.6. The van der Waals surface area contributed by atoms with Gasteiger partial charge in [-0.1, -0.05) is 18.2 Å². The molecule has 0 aliphatic carbocycles. The molecule has 78 valence electrons. The van der Waals surface area contributed by atoms with Crippen LogP contribution in [0.15, 0.2) is 29.4 Å². The average molecular weight is 317 g/mol. The fraction of sp³-hybridized carbons (Fsp3) is 0. The minimum absolute atomic E-state index is 0.850. The van der Waals surface area contributed by atoms with E-state index >= 15 is 0 Å². The molecule has 6 heteroatoms. The summed E-state index contributed by atoms with van der Waals surface area (Å²) in [6.45, 7) is 0. The van der Waals surface area contributed by atoms with Crippen LogP contribution in [0, 0.1) is 3.57 Å². The molecule has 0 radical (unpaired) electrons. The molecule has 0 aromatic heterocycles. The molecule has 0 aliphatic rings. The van der Waals surface area contributed by atoms with Crippen molar-refractivity contribution in [3.8, 4) is 0 Å². The Morgan fingerprint density at radius 1 is 1.40 bits per heavy atom. The van der Waals surface area contributed by atoms with E-state index in [0.717, 1.165) is 9.13 Å². The Labute approximate surface area is 99.9 Å². The van der Waals surface area contributed by atoms with Gasteiger partial charge < -0.3 is 5.73 Å². The van der Waals surface area contributed by atoms with Gasteiger partial charge in [0.05, 0.1) is 6.21 Å². The number of nitrogens with two attached hydrogens (primary N) is 1. The average Bonchev–Trinajstić information content (AvgIpc) is 2.20. The van der Waals surface area contributed by atoms with E-state index in [4.69, 9.17) is 5.73 Å². The lowest BCUT2D eigenvalue weighted by Crippen LogP contribution is -2.32. The lowest BCUT2D eigenvalue weighted by molar-refractivity contribution is -0.137. The van der Waals surface area contributed by atoms with E-state index in [2.05, 4.69) is 27.7 Å².